The quantitative estimate of drug-likeness (QED) is 0.588. The van der Waals surface area contributed by atoms with Crippen molar-refractivity contribution in [1.29, 1.82) is 0 Å². The van der Waals surface area contributed by atoms with Crippen molar-refractivity contribution in [2.75, 3.05) is 0 Å². The van der Waals surface area contributed by atoms with E-state index in [9.17, 15) is 8.78 Å². The van der Waals surface area contributed by atoms with Crippen molar-refractivity contribution in [1.82, 2.24) is 4.98 Å². The van der Waals surface area contributed by atoms with E-state index in [1.165, 1.54) is 0 Å². The first kappa shape index (κ1) is 10.9. The van der Waals surface area contributed by atoms with Crippen molar-refractivity contribution in [3.8, 4) is 0 Å². The molecular formula is C8H7BrClF2N. The van der Waals surface area contributed by atoms with Gasteiger partial charge in [-0.05, 0) is 34.5 Å². The summed E-state index contributed by atoms with van der Waals surface area (Å²) in [5, 5.41) is 0. The van der Waals surface area contributed by atoms with Crippen LogP contribution in [0.3, 0.4) is 0 Å². The molecule has 1 aromatic rings. The lowest BCUT2D eigenvalue weighted by atomic mass is 10.1. The summed E-state index contributed by atoms with van der Waals surface area (Å²) in [6.45, 7) is 1.73. The zero-order chi connectivity index (χ0) is 10.0. The molecule has 0 aliphatic carbocycles. The number of halogens is 4. The topological polar surface area (TPSA) is 12.9 Å². The van der Waals surface area contributed by atoms with Gasteiger partial charge in [-0.15, -0.1) is 11.6 Å². The van der Waals surface area contributed by atoms with E-state index in [0.29, 0.717) is 11.3 Å². The normalized spacial score (nSPS) is 10.9. The minimum Gasteiger partial charge on any atom is -0.246 e. The van der Waals surface area contributed by atoms with Crippen molar-refractivity contribution in [3.63, 3.8) is 0 Å². The van der Waals surface area contributed by atoms with Crippen LogP contribution >= 0.6 is 27.5 Å². The van der Waals surface area contributed by atoms with Crippen LogP contribution in [-0.2, 0) is 5.88 Å². The van der Waals surface area contributed by atoms with Crippen molar-refractivity contribution in [2.24, 2.45) is 0 Å². The molecule has 1 rings (SSSR count). The maximum atomic E-state index is 12.5. The summed E-state index contributed by atoms with van der Waals surface area (Å²) in [5.41, 5.74) is 0.989. The fourth-order valence-electron chi connectivity index (χ4n) is 1.05. The van der Waals surface area contributed by atoms with Gasteiger partial charge in [-0.25, -0.2) is 13.8 Å². The predicted molar refractivity (Wildman–Crippen MR) is 51.2 cm³/mol. The Bertz CT molecular complexity index is 317. The Balaban J connectivity index is 3.30. The SMILES string of the molecule is Cc1cc(CCl)c(C(F)F)c(Br)n1. The van der Waals surface area contributed by atoms with Gasteiger partial charge in [0.05, 0.1) is 5.56 Å². The molecule has 0 bridgehead atoms. The van der Waals surface area contributed by atoms with Gasteiger partial charge in [-0.3, -0.25) is 0 Å². The summed E-state index contributed by atoms with van der Waals surface area (Å²) >= 11 is 8.53. The Morgan fingerprint density at radius 2 is 2.23 bits per heavy atom. The number of nitrogens with zero attached hydrogens (tertiary/aromatic N) is 1. The van der Waals surface area contributed by atoms with E-state index in [2.05, 4.69) is 20.9 Å². The first-order valence-electron chi connectivity index (χ1n) is 3.56. The van der Waals surface area contributed by atoms with E-state index in [1.807, 2.05) is 0 Å². The number of aromatic nitrogens is 1. The smallest absolute Gasteiger partial charge is 0.246 e. The molecule has 1 nitrogen and oxygen atoms in total. The first-order chi connectivity index (χ1) is 6.06. The number of hydrogen-bond donors (Lipinski definition) is 0. The largest absolute Gasteiger partial charge is 0.266 e. The molecule has 1 aromatic heterocycles. The van der Waals surface area contributed by atoms with Crippen molar-refractivity contribution in [3.05, 3.63) is 27.5 Å². The Hall–Kier alpha value is -0.220. The second-order valence-electron chi connectivity index (χ2n) is 2.56. The Morgan fingerprint density at radius 3 is 2.69 bits per heavy atom. The van der Waals surface area contributed by atoms with Crippen LogP contribution in [0.25, 0.3) is 0 Å². The molecule has 0 aliphatic rings. The van der Waals surface area contributed by atoms with Gasteiger partial charge in [-0.1, -0.05) is 0 Å². The molecule has 0 N–H and O–H groups in total. The predicted octanol–water partition coefficient (Wildman–Crippen LogP) is 3.83. The summed E-state index contributed by atoms with van der Waals surface area (Å²) in [5.74, 6) is 0.0711. The van der Waals surface area contributed by atoms with Crippen LogP contribution in [0.1, 0.15) is 23.2 Å². The number of rotatable bonds is 2. The molecule has 0 aliphatic heterocycles. The number of hydrogen-bond acceptors (Lipinski definition) is 1. The second-order valence-corrected chi connectivity index (χ2v) is 3.58. The molecule has 0 fully saturated rings. The molecule has 0 atom stereocenters. The molecule has 1 heterocycles. The van der Waals surface area contributed by atoms with Crippen molar-refractivity contribution < 1.29 is 8.78 Å². The second kappa shape index (κ2) is 4.33. The number of alkyl halides is 3. The lowest BCUT2D eigenvalue weighted by Gasteiger charge is -2.08. The molecule has 5 heteroatoms. The van der Waals surface area contributed by atoms with Crippen LogP contribution in [-0.4, -0.2) is 4.98 Å². The lowest BCUT2D eigenvalue weighted by molar-refractivity contribution is 0.149. The van der Waals surface area contributed by atoms with E-state index in [1.54, 1.807) is 13.0 Å². The third kappa shape index (κ3) is 2.38. The fraction of sp³-hybridized carbons (Fsp3) is 0.375. The standard InChI is InChI=1S/C8H7BrClF2N/c1-4-2-5(3-10)6(8(11)12)7(9)13-4/h2,8H,3H2,1H3. The van der Waals surface area contributed by atoms with Gasteiger partial charge >= 0.3 is 0 Å². The highest BCUT2D eigenvalue weighted by atomic mass is 79.9. The van der Waals surface area contributed by atoms with Gasteiger partial charge in [-0.2, -0.15) is 0 Å². The van der Waals surface area contributed by atoms with E-state index in [0.717, 1.165) is 0 Å². The zero-order valence-corrected chi connectivity index (χ0v) is 9.16. The van der Waals surface area contributed by atoms with E-state index >= 15 is 0 Å². The molecule has 0 spiro atoms. The Labute approximate surface area is 88.2 Å². The van der Waals surface area contributed by atoms with Crippen molar-refractivity contribution >= 4 is 27.5 Å². The monoisotopic (exact) mass is 269 g/mol. The minimum atomic E-state index is -2.55. The molecule has 0 saturated heterocycles. The highest BCUT2D eigenvalue weighted by Gasteiger charge is 2.17. The zero-order valence-electron chi connectivity index (χ0n) is 6.82. The first-order valence-corrected chi connectivity index (χ1v) is 4.89. The van der Waals surface area contributed by atoms with Crippen LogP contribution in [0.2, 0.25) is 0 Å². The van der Waals surface area contributed by atoms with Gasteiger partial charge in [0.25, 0.3) is 6.43 Å². The van der Waals surface area contributed by atoms with Gasteiger partial charge in [0.1, 0.15) is 4.60 Å². The molecule has 13 heavy (non-hydrogen) atoms. The molecule has 0 saturated carbocycles. The third-order valence-electron chi connectivity index (χ3n) is 1.59. The van der Waals surface area contributed by atoms with Crippen LogP contribution in [0, 0.1) is 6.92 Å². The Morgan fingerprint density at radius 1 is 1.62 bits per heavy atom. The van der Waals surface area contributed by atoms with Gasteiger partial charge < -0.3 is 0 Å². The Kier molecular flexibility index (Phi) is 3.62. The molecule has 72 valence electrons. The van der Waals surface area contributed by atoms with Gasteiger partial charge in [0.15, 0.2) is 0 Å². The average Bonchev–Trinajstić information content (AvgIpc) is 2.01. The van der Waals surface area contributed by atoms with Crippen molar-refractivity contribution in [2.45, 2.75) is 19.2 Å². The van der Waals surface area contributed by atoms with E-state index in [-0.39, 0.29) is 16.0 Å². The number of pyridine rings is 1. The van der Waals surface area contributed by atoms with Crippen LogP contribution in [0.15, 0.2) is 10.7 Å². The fourth-order valence-corrected chi connectivity index (χ4v) is 1.98. The summed E-state index contributed by atoms with van der Waals surface area (Å²) in [4.78, 5) is 3.88. The minimum absolute atomic E-state index is 0.0711. The summed E-state index contributed by atoms with van der Waals surface area (Å²) in [7, 11) is 0. The average molecular weight is 271 g/mol. The molecule has 0 unspecified atom stereocenters. The maximum absolute atomic E-state index is 12.5. The molecular weight excluding hydrogens is 263 g/mol. The van der Waals surface area contributed by atoms with E-state index < -0.39 is 6.43 Å². The maximum Gasteiger partial charge on any atom is 0.266 e. The van der Waals surface area contributed by atoms with Gasteiger partial charge in [0, 0.05) is 11.6 Å². The summed E-state index contributed by atoms with van der Waals surface area (Å²) < 4.78 is 25.1. The highest BCUT2D eigenvalue weighted by molar-refractivity contribution is 9.10. The third-order valence-corrected chi connectivity index (χ3v) is 2.48. The molecule has 0 radical (unpaired) electrons. The van der Waals surface area contributed by atoms with Crippen LogP contribution < -0.4 is 0 Å². The summed E-state index contributed by atoms with van der Waals surface area (Å²) in [6, 6.07) is 1.57. The lowest BCUT2D eigenvalue weighted by Crippen LogP contribution is -1.98. The van der Waals surface area contributed by atoms with Crippen LogP contribution in [0.4, 0.5) is 8.78 Å². The molecule has 0 aromatic carbocycles. The number of aryl methyl sites for hydroxylation is 1. The van der Waals surface area contributed by atoms with Gasteiger partial charge in [0.2, 0.25) is 0 Å². The molecule has 0 amide bonds. The highest BCUT2D eigenvalue weighted by Crippen LogP contribution is 2.30. The summed E-state index contributed by atoms with van der Waals surface area (Å²) in [6.07, 6.45) is -2.55. The van der Waals surface area contributed by atoms with E-state index in [4.69, 9.17) is 11.6 Å². The van der Waals surface area contributed by atoms with Crippen LogP contribution in [0.5, 0.6) is 0 Å².